The van der Waals surface area contributed by atoms with Gasteiger partial charge in [0, 0.05) is 32.2 Å². The van der Waals surface area contributed by atoms with Gasteiger partial charge in [-0.05, 0) is 62.8 Å². The van der Waals surface area contributed by atoms with Crippen molar-refractivity contribution in [3.63, 3.8) is 0 Å². The minimum atomic E-state index is -0.667. The summed E-state index contributed by atoms with van der Waals surface area (Å²) in [7, 11) is 0. The minimum absolute atomic E-state index is 0.0704. The maximum Gasteiger partial charge on any atom is 0.237 e. The molecule has 0 bridgehead atoms. The Morgan fingerprint density at radius 1 is 1.07 bits per heavy atom. The van der Waals surface area contributed by atoms with Gasteiger partial charge in [0.05, 0.1) is 22.3 Å². The predicted molar refractivity (Wildman–Crippen MR) is 160 cm³/mol. The first-order valence-corrected chi connectivity index (χ1v) is 15.1. The number of thiazole rings is 1. The molecule has 3 unspecified atom stereocenters. The van der Waals surface area contributed by atoms with Crippen molar-refractivity contribution in [2.75, 3.05) is 32.7 Å². The van der Waals surface area contributed by atoms with Crippen LogP contribution in [0.2, 0.25) is 0 Å². The molecule has 3 heterocycles. The summed E-state index contributed by atoms with van der Waals surface area (Å²) in [6, 6.07) is 17.8. The van der Waals surface area contributed by atoms with E-state index < -0.39 is 6.04 Å². The highest BCUT2D eigenvalue weighted by Crippen LogP contribution is 2.29. The quantitative estimate of drug-likeness (QED) is 0.116. The second-order valence-corrected chi connectivity index (χ2v) is 11.8. The average Bonchev–Trinajstić information content (AvgIpc) is 3.59. The number of ketones is 1. The summed E-state index contributed by atoms with van der Waals surface area (Å²) >= 11 is 1.36. The normalized spacial score (nSPS) is 20.2. The van der Waals surface area contributed by atoms with Crippen molar-refractivity contribution in [3.05, 3.63) is 65.2 Å². The first-order chi connectivity index (χ1) is 19.5. The Morgan fingerprint density at radius 2 is 1.88 bits per heavy atom. The number of hydrogen-bond donors (Lipinski definition) is 4. The summed E-state index contributed by atoms with van der Waals surface area (Å²) in [5.41, 5.74) is 7.58. The maximum absolute atomic E-state index is 13.6. The van der Waals surface area contributed by atoms with E-state index in [4.69, 9.17) is 11.1 Å². The molecule has 2 aliphatic rings. The number of rotatable bonds is 12. The number of amides is 1. The van der Waals surface area contributed by atoms with Crippen LogP contribution in [0.1, 0.15) is 47.5 Å². The fourth-order valence-corrected chi connectivity index (χ4v) is 6.91. The fourth-order valence-electron chi connectivity index (χ4n) is 5.95. The van der Waals surface area contributed by atoms with Crippen LogP contribution in [0.15, 0.2) is 54.6 Å². The van der Waals surface area contributed by atoms with Gasteiger partial charge in [0.2, 0.25) is 11.7 Å². The first kappa shape index (κ1) is 28.2. The highest BCUT2D eigenvalue weighted by Gasteiger charge is 2.41. The van der Waals surface area contributed by atoms with Crippen LogP contribution < -0.4 is 16.4 Å². The summed E-state index contributed by atoms with van der Waals surface area (Å²) in [6.45, 7) is 4.35. The lowest BCUT2D eigenvalue weighted by molar-refractivity contribution is -0.127. The monoisotopic (exact) mass is 561 g/mol. The van der Waals surface area contributed by atoms with E-state index in [0.717, 1.165) is 62.1 Å². The van der Waals surface area contributed by atoms with Gasteiger partial charge in [0.25, 0.3) is 0 Å². The summed E-state index contributed by atoms with van der Waals surface area (Å²) in [5, 5.41) is 13.7. The van der Waals surface area contributed by atoms with Crippen molar-refractivity contribution >= 4 is 39.2 Å². The van der Waals surface area contributed by atoms with Crippen molar-refractivity contribution < 1.29 is 9.59 Å². The van der Waals surface area contributed by atoms with Gasteiger partial charge < -0.3 is 21.3 Å². The number of guanidine groups is 1. The van der Waals surface area contributed by atoms with Gasteiger partial charge >= 0.3 is 0 Å². The maximum atomic E-state index is 13.6. The van der Waals surface area contributed by atoms with Crippen LogP contribution in [0.3, 0.4) is 0 Å². The fraction of sp³-hybridized carbons (Fsp3) is 0.467. The summed E-state index contributed by atoms with van der Waals surface area (Å²) < 4.78 is 0.953. The number of Topliss-reactive ketones (excluding diaryl/α,β-unsaturated/α-hetero) is 1. The van der Waals surface area contributed by atoms with Crippen LogP contribution in [0, 0.1) is 5.41 Å². The lowest BCUT2D eigenvalue weighted by Crippen LogP contribution is -2.57. The van der Waals surface area contributed by atoms with E-state index in [1.165, 1.54) is 16.9 Å². The number of aryl methyl sites for hydroxylation is 1. The molecule has 1 amide bonds. The molecule has 5 rings (SSSR count). The molecule has 0 saturated carbocycles. The molecule has 10 heteroatoms. The van der Waals surface area contributed by atoms with Crippen LogP contribution in [0.5, 0.6) is 0 Å². The van der Waals surface area contributed by atoms with E-state index in [1.807, 2.05) is 24.3 Å². The zero-order chi connectivity index (χ0) is 27.9. The van der Waals surface area contributed by atoms with Gasteiger partial charge in [-0.25, -0.2) is 4.98 Å². The van der Waals surface area contributed by atoms with Gasteiger partial charge in [0.15, 0.2) is 11.0 Å². The van der Waals surface area contributed by atoms with Gasteiger partial charge in [-0.1, -0.05) is 42.5 Å². The number of piperazine rings is 1. The highest BCUT2D eigenvalue weighted by atomic mass is 32.1. The van der Waals surface area contributed by atoms with Crippen molar-refractivity contribution in [3.8, 4) is 0 Å². The number of para-hydroxylation sites is 1. The summed E-state index contributed by atoms with van der Waals surface area (Å²) in [4.78, 5) is 36.5. The van der Waals surface area contributed by atoms with Crippen LogP contribution in [0.4, 0.5) is 0 Å². The number of aromatic nitrogens is 1. The van der Waals surface area contributed by atoms with E-state index in [1.54, 1.807) is 0 Å². The molecule has 2 aliphatic heterocycles. The predicted octanol–water partition coefficient (Wildman–Crippen LogP) is 3.01. The van der Waals surface area contributed by atoms with Crippen LogP contribution >= 0.6 is 11.3 Å². The SMILES string of the molecule is N=C(N)NCCCC(NC(=O)C1CCC2CN(CCCc3ccccc3)CCN21)C(=O)c1nc2ccccc2s1. The van der Waals surface area contributed by atoms with Crippen LogP contribution in [-0.2, 0) is 11.2 Å². The topological polar surface area (TPSA) is 127 Å². The Balaban J connectivity index is 1.17. The molecule has 0 spiro atoms. The van der Waals surface area contributed by atoms with E-state index in [-0.39, 0.29) is 23.7 Å². The standard InChI is InChI=1S/C30H39N7O2S/c31-30(32)33-16-6-12-24(27(38)29-35-23-11-4-5-13-26(23)40-29)34-28(39)25-15-14-22-20-36(18-19-37(22)25)17-7-10-21-8-2-1-3-9-21/h1-5,8-9,11,13,22,24-25H,6-7,10,12,14-20H2,(H,34,39)(H4,31,32,33). The molecule has 5 N–H and O–H groups in total. The molecule has 2 fully saturated rings. The van der Waals surface area contributed by atoms with Crippen molar-refractivity contribution in [1.29, 1.82) is 5.41 Å². The molecular weight excluding hydrogens is 522 g/mol. The molecule has 9 nitrogen and oxygen atoms in total. The largest absolute Gasteiger partial charge is 0.370 e. The highest BCUT2D eigenvalue weighted by molar-refractivity contribution is 7.20. The van der Waals surface area contributed by atoms with Crippen molar-refractivity contribution in [2.45, 2.75) is 56.7 Å². The second-order valence-electron chi connectivity index (χ2n) is 10.8. The third-order valence-electron chi connectivity index (χ3n) is 7.99. The second kappa shape index (κ2) is 13.3. The number of benzene rings is 2. The van der Waals surface area contributed by atoms with E-state index in [0.29, 0.717) is 30.4 Å². The first-order valence-electron chi connectivity index (χ1n) is 14.3. The summed E-state index contributed by atoms with van der Waals surface area (Å²) in [6.07, 6.45) is 5.06. The third kappa shape index (κ3) is 7.04. The molecule has 0 radical (unpaired) electrons. The smallest absolute Gasteiger partial charge is 0.237 e. The van der Waals surface area contributed by atoms with Gasteiger partial charge in [-0.2, -0.15) is 0 Å². The number of nitrogens with zero attached hydrogens (tertiary/aromatic N) is 3. The van der Waals surface area contributed by atoms with Gasteiger partial charge in [-0.15, -0.1) is 11.3 Å². The van der Waals surface area contributed by atoms with Crippen LogP contribution in [0.25, 0.3) is 10.2 Å². The molecule has 2 aromatic carbocycles. The van der Waals surface area contributed by atoms with Crippen molar-refractivity contribution in [1.82, 2.24) is 25.4 Å². The molecule has 2 saturated heterocycles. The molecule has 3 aromatic rings. The molecule has 3 atom stereocenters. The van der Waals surface area contributed by atoms with Gasteiger partial charge in [-0.3, -0.25) is 19.9 Å². The number of nitrogens with two attached hydrogens (primary N) is 1. The molecular formula is C30H39N7O2S. The van der Waals surface area contributed by atoms with E-state index in [9.17, 15) is 9.59 Å². The van der Waals surface area contributed by atoms with E-state index in [2.05, 4.69) is 55.7 Å². The molecule has 1 aromatic heterocycles. The number of carbonyl (C=O) groups is 2. The zero-order valence-corrected chi connectivity index (χ0v) is 23.7. The number of carbonyl (C=O) groups excluding carboxylic acids is 2. The Morgan fingerprint density at radius 3 is 2.67 bits per heavy atom. The Kier molecular flexibility index (Phi) is 9.41. The number of nitrogens with one attached hydrogen (secondary N) is 3. The van der Waals surface area contributed by atoms with Crippen LogP contribution in [-0.4, -0.2) is 83.3 Å². The molecule has 212 valence electrons. The minimum Gasteiger partial charge on any atom is -0.370 e. The zero-order valence-electron chi connectivity index (χ0n) is 22.9. The van der Waals surface area contributed by atoms with Gasteiger partial charge in [0.1, 0.15) is 0 Å². The lowest BCUT2D eigenvalue weighted by atomic mass is 10.1. The Labute approximate surface area is 239 Å². The molecule has 40 heavy (non-hydrogen) atoms. The molecule has 0 aliphatic carbocycles. The Hall–Kier alpha value is -3.34. The van der Waals surface area contributed by atoms with Crippen molar-refractivity contribution in [2.24, 2.45) is 5.73 Å². The average molecular weight is 562 g/mol. The number of fused-ring (bicyclic) bond motifs is 2. The Bertz CT molecular complexity index is 1280. The lowest BCUT2D eigenvalue weighted by Gasteiger charge is -2.39. The summed E-state index contributed by atoms with van der Waals surface area (Å²) in [5.74, 6) is -0.330. The van der Waals surface area contributed by atoms with E-state index >= 15 is 0 Å². The number of hydrogen-bond acceptors (Lipinski definition) is 7. The third-order valence-corrected chi connectivity index (χ3v) is 9.04.